The number of ether oxygens (including phenoxy) is 3. The molecule has 0 radical (unpaired) electrons. The van der Waals surface area contributed by atoms with Gasteiger partial charge in [-0.05, 0) is 38.1 Å². The van der Waals surface area contributed by atoms with E-state index in [1.54, 1.807) is 24.3 Å². The highest BCUT2D eigenvalue weighted by molar-refractivity contribution is 5.86. The van der Waals surface area contributed by atoms with Gasteiger partial charge in [0.1, 0.15) is 46.7 Å². The van der Waals surface area contributed by atoms with Crippen molar-refractivity contribution in [3.63, 3.8) is 0 Å². The van der Waals surface area contributed by atoms with Crippen LogP contribution < -0.4 is 14.9 Å². The van der Waals surface area contributed by atoms with E-state index in [2.05, 4.69) is 0 Å². The van der Waals surface area contributed by atoms with Gasteiger partial charge in [-0.15, -0.1) is 0 Å². The zero-order valence-corrected chi connectivity index (χ0v) is 15.3. The summed E-state index contributed by atoms with van der Waals surface area (Å²) in [7, 11) is 1.50. The second-order valence-electron chi connectivity index (χ2n) is 7.04. The number of phenolic OH excluding ortho intramolecular Hbond substituents is 1. The normalized spacial score (nSPS) is 17.7. The molecule has 0 unspecified atom stereocenters. The number of hydrogen-bond acceptors (Lipinski definition) is 6. The van der Waals surface area contributed by atoms with Crippen molar-refractivity contribution in [2.75, 3.05) is 13.7 Å². The van der Waals surface area contributed by atoms with E-state index in [0.717, 1.165) is 0 Å². The number of benzene rings is 2. The number of aromatic hydroxyl groups is 1. The van der Waals surface area contributed by atoms with Crippen LogP contribution in [0.25, 0.3) is 22.3 Å². The fraction of sp³-hybridized carbons (Fsp3) is 0.286. The Balaban J connectivity index is 1.74. The lowest BCUT2D eigenvalue weighted by Gasteiger charge is -2.11. The number of hydrogen-bond donors (Lipinski definition) is 1. The molecule has 0 saturated carbocycles. The maximum absolute atomic E-state index is 12.6. The van der Waals surface area contributed by atoms with Crippen LogP contribution in [0.5, 0.6) is 17.2 Å². The molecule has 0 spiro atoms. The smallest absolute Gasteiger partial charge is 0.197 e. The summed E-state index contributed by atoms with van der Waals surface area (Å²) in [4.78, 5) is 12.6. The predicted molar refractivity (Wildman–Crippen MR) is 101 cm³/mol. The van der Waals surface area contributed by atoms with Crippen molar-refractivity contribution in [2.24, 2.45) is 0 Å². The fourth-order valence-electron chi connectivity index (χ4n) is 2.98. The summed E-state index contributed by atoms with van der Waals surface area (Å²) in [5.74, 6) is 1.48. The molecule has 1 atom stereocenters. The number of methoxy groups -OCH3 is 1. The molecule has 140 valence electrons. The minimum atomic E-state index is -0.214. The minimum absolute atomic E-state index is 0.0366. The van der Waals surface area contributed by atoms with E-state index in [1.807, 2.05) is 13.8 Å². The molecule has 3 aromatic rings. The van der Waals surface area contributed by atoms with E-state index in [4.69, 9.17) is 18.6 Å². The van der Waals surface area contributed by atoms with Crippen molar-refractivity contribution < 1.29 is 23.7 Å². The molecule has 0 amide bonds. The molecule has 1 aliphatic rings. The Morgan fingerprint density at radius 1 is 1.15 bits per heavy atom. The second kappa shape index (κ2) is 6.32. The Bertz CT molecular complexity index is 1050. The van der Waals surface area contributed by atoms with Crippen LogP contribution in [0.2, 0.25) is 0 Å². The van der Waals surface area contributed by atoms with Gasteiger partial charge in [0, 0.05) is 23.8 Å². The maximum Gasteiger partial charge on any atom is 0.197 e. The van der Waals surface area contributed by atoms with Crippen LogP contribution in [-0.2, 0) is 4.74 Å². The number of rotatable bonds is 5. The summed E-state index contributed by atoms with van der Waals surface area (Å²) in [5, 5.41) is 9.80. The quantitative estimate of drug-likeness (QED) is 0.691. The Morgan fingerprint density at radius 3 is 2.48 bits per heavy atom. The van der Waals surface area contributed by atoms with Crippen molar-refractivity contribution in [3.05, 3.63) is 52.7 Å². The van der Waals surface area contributed by atoms with Crippen molar-refractivity contribution >= 4 is 11.0 Å². The van der Waals surface area contributed by atoms with Crippen LogP contribution in [0.4, 0.5) is 0 Å². The van der Waals surface area contributed by atoms with Crippen molar-refractivity contribution in [1.82, 2.24) is 0 Å². The molecule has 4 rings (SSSR count). The van der Waals surface area contributed by atoms with Gasteiger partial charge >= 0.3 is 0 Å². The van der Waals surface area contributed by atoms with E-state index in [1.165, 1.54) is 25.3 Å². The summed E-state index contributed by atoms with van der Waals surface area (Å²) in [6.45, 7) is 4.42. The first kappa shape index (κ1) is 17.4. The Labute approximate surface area is 155 Å². The van der Waals surface area contributed by atoms with E-state index in [0.29, 0.717) is 40.4 Å². The van der Waals surface area contributed by atoms with Gasteiger partial charge in [-0.1, -0.05) is 0 Å². The summed E-state index contributed by atoms with van der Waals surface area (Å²) in [6.07, 6.45) is 0.0366. The first-order valence-corrected chi connectivity index (χ1v) is 8.63. The van der Waals surface area contributed by atoms with Gasteiger partial charge in [0.2, 0.25) is 0 Å². The van der Waals surface area contributed by atoms with Crippen molar-refractivity contribution in [1.29, 1.82) is 0 Å². The van der Waals surface area contributed by atoms with Crippen molar-refractivity contribution in [3.8, 4) is 28.6 Å². The highest BCUT2D eigenvalue weighted by atomic mass is 16.6. The number of fused-ring (bicyclic) bond motifs is 1. The average Bonchev–Trinajstić information content (AvgIpc) is 3.26. The average molecular weight is 368 g/mol. The summed E-state index contributed by atoms with van der Waals surface area (Å²) in [5.41, 5.74) is 0.676. The van der Waals surface area contributed by atoms with Crippen molar-refractivity contribution in [2.45, 2.75) is 25.6 Å². The highest BCUT2D eigenvalue weighted by Crippen LogP contribution is 2.37. The minimum Gasteiger partial charge on any atom is -0.508 e. The summed E-state index contributed by atoms with van der Waals surface area (Å²) < 4.78 is 22.7. The van der Waals surface area contributed by atoms with Gasteiger partial charge < -0.3 is 23.7 Å². The van der Waals surface area contributed by atoms with E-state index >= 15 is 0 Å². The SMILES string of the molecule is COc1cc(OC[C@@H]2OC2(C)C)cc2oc(-c3ccc(O)cc3)cc(=O)c12. The highest BCUT2D eigenvalue weighted by Gasteiger charge is 2.48. The largest absolute Gasteiger partial charge is 0.508 e. The Kier molecular flexibility index (Phi) is 4.08. The van der Waals surface area contributed by atoms with Gasteiger partial charge in [-0.25, -0.2) is 0 Å². The summed E-state index contributed by atoms with van der Waals surface area (Å²) in [6, 6.07) is 11.2. The van der Waals surface area contributed by atoms with Gasteiger partial charge in [-0.2, -0.15) is 0 Å². The standard InChI is InChI=1S/C21H20O6/c1-21(2)19(27-21)11-25-14-8-17(24-3)20-15(23)10-16(26-18(20)9-14)12-4-6-13(22)7-5-12/h4-10,19,22H,11H2,1-3H3/t19-/m0/s1. The zero-order chi connectivity index (χ0) is 19.2. The molecule has 0 bridgehead atoms. The third kappa shape index (κ3) is 3.36. The van der Waals surface area contributed by atoms with E-state index in [9.17, 15) is 9.90 Å². The number of epoxide rings is 1. The van der Waals surface area contributed by atoms with Gasteiger partial charge in [-0.3, -0.25) is 4.79 Å². The fourth-order valence-corrected chi connectivity index (χ4v) is 2.98. The lowest BCUT2D eigenvalue weighted by atomic mass is 10.1. The second-order valence-corrected chi connectivity index (χ2v) is 7.04. The third-order valence-corrected chi connectivity index (χ3v) is 4.71. The molecule has 1 fully saturated rings. The summed E-state index contributed by atoms with van der Waals surface area (Å²) >= 11 is 0. The lowest BCUT2D eigenvalue weighted by molar-refractivity contribution is 0.253. The monoisotopic (exact) mass is 368 g/mol. The van der Waals surface area contributed by atoms with Gasteiger partial charge in [0.25, 0.3) is 0 Å². The molecule has 2 aromatic carbocycles. The molecule has 6 heteroatoms. The molecular formula is C21H20O6. The van der Waals surface area contributed by atoms with E-state index in [-0.39, 0.29) is 22.9 Å². The molecule has 6 nitrogen and oxygen atoms in total. The zero-order valence-electron chi connectivity index (χ0n) is 15.3. The van der Waals surface area contributed by atoms with Crippen LogP contribution in [0.1, 0.15) is 13.8 Å². The first-order valence-electron chi connectivity index (χ1n) is 8.63. The maximum atomic E-state index is 12.6. The molecule has 0 aliphatic carbocycles. The predicted octanol–water partition coefficient (Wildman–Crippen LogP) is 3.73. The van der Waals surface area contributed by atoms with Gasteiger partial charge in [0.15, 0.2) is 5.43 Å². The lowest BCUT2D eigenvalue weighted by Crippen LogP contribution is -2.12. The third-order valence-electron chi connectivity index (χ3n) is 4.71. The molecule has 1 aliphatic heterocycles. The Morgan fingerprint density at radius 2 is 1.85 bits per heavy atom. The van der Waals surface area contributed by atoms with Crippen LogP contribution in [-0.4, -0.2) is 30.5 Å². The Hall–Kier alpha value is -2.99. The van der Waals surface area contributed by atoms with Crippen LogP contribution >= 0.6 is 0 Å². The number of phenols is 1. The first-order chi connectivity index (χ1) is 12.9. The van der Waals surface area contributed by atoms with Crippen LogP contribution in [0, 0.1) is 0 Å². The van der Waals surface area contributed by atoms with Gasteiger partial charge in [0.05, 0.1) is 12.7 Å². The van der Waals surface area contributed by atoms with E-state index < -0.39 is 0 Å². The molecular weight excluding hydrogens is 348 g/mol. The molecule has 1 saturated heterocycles. The van der Waals surface area contributed by atoms with Crippen LogP contribution in [0.15, 0.2) is 51.7 Å². The molecule has 2 heterocycles. The molecule has 1 aromatic heterocycles. The molecule has 27 heavy (non-hydrogen) atoms. The topological polar surface area (TPSA) is 81.4 Å². The van der Waals surface area contributed by atoms with Crippen LogP contribution in [0.3, 0.4) is 0 Å². The molecule has 1 N–H and O–H groups in total.